The second-order valence-corrected chi connectivity index (χ2v) is 4.91. The smallest absolute Gasteiger partial charge is 0.410 e. The van der Waals surface area contributed by atoms with Crippen molar-refractivity contribution in [2.24, 2.45) is 0 Å². The van der Waals surface area contributed by atoms with Crippen LogP contribution in [0.25, 0.3) is 10.9 Å². The Hall–Kier alpha value is -3.15. The summed E-state index contributed by atoms with van der Waals surface area (Å²) in [6.07, 6.45) is -0.136. The number of nitrogens with zero attached hydrogens (tertiary/aromatic N) is 1. The number of carbonyl (C=O) groups excluding carboxylic acids is 1. The van der Waals surface area contributed by atoms with Gasteiger partial charge in [-0.1, -0.05) is 30.3 Å². The van der Waals surface area contributed by atoms with E-state index < -0.39 is 6.09 Å². The van der Waals surface area contributed by atoms with E-state index in [0.717, 1.165) is 0 Å². The molecule has 0 saturated carbocycles. The summed E-state index contributed by atoms with van der Waals surface area (Å²) in [5.41, 5.74) is 0.454. The summed E-state index contributed by atoms with van der Waals surface area (Å²) in [5.74, 6) is 0.996. The van der Waals surface area contributed by atoms with Gasteiger partial charge in [0.15, 0.2) is 0 Å². The molecule has 2 N–H and O–H groups in total. The maximum absolute atomic E-state index is 11.9. The van der Waals surface area contributed by atoms with Gasteiger partial charge < -0.3 is 15.0 Å². The number of benzene rings is 2. The van der Waals surface area contributed by atoms with Crippen LogP contribution in [0, 0.1) is 0 Å². The van der Waals surface area contributed by atoms with Gasteiger partial charge in [-0.3, -0.25) is 4.79 Å². The molecule has 0 aliphatic heterocycles. The van der Waals surface area contributed by atoms with Gasteiger partial charge in [-0.25, -0.2) is 9.78 Å². The molecule has 6 heteroatoms. The zero-order chi connectivity index (χ0) is 16.1. The molecule has 0 saturated heterocycles. The number of rotatable bonds is 4. The molecular formula is C17H15N3O3. The van der Waals surface area contributed by atoms with Crippen molar-refractivity contribution < 1.29 is 9.53 Å². The van der Waals surface area contributed by atoms with Crippen molar-refractivity contribution in [2.45, 2.75) is 6.42 Å². The predicted octanol–water partition coefficient (Wildman–Crippen LogP) is 2.25. The van der Waals surface area contributed by atoms with Crippen LogP contribution >= 0.6 is 0 Å². The standard InChI is InChI=1S/C17H15N3O3/c21-16-13-8-4-5-9-14(13)19-15(20-16)10-11-18-17(22)23-12-6-2-1-3-7-12/h1-9H,10-11H2,(H,18,22)(H,19,20,21). The number of hydrogen-bond acceptors (Lipinski definition) is 4. The van der Waals surface area contributed by atoms with Crippen LogP contribution in [0.15, 0.2) is 59.4 Å². The van der Waals surface area contributed by atoms with Crippen LogP contribution < -0.4 is 15.6 Å². The van der Waals surface area contributed by atoms with Crippen molar-refractivity contribution in [3.8, 4) is 5.75 Å². The van der Waals surface area contributed by atoms with Gasteiger partial charge in [-0.15, -0.1) is 0 Å². The first-order chi connectivity index (χ1) is 11.2. The minimum absolute atomic E-state index is 0.183. The Morgan fingerprint density at radius 3 is 2.65 bits per heavy atom. The molecule has 3 aromatic rings. The summed E-state index contributed by atoms with van der Waals surface area (Å²) in [4.78, 5) is 30.7. The molecule has 0 unspecified atom stereocenters. The molecule has 23 heavy (non-hydrogen) atoms. The number of ether oxygens (including phenoxy) is 1. The summed E-state index contributed by atoms with van der Waals surface area (Å²) in [5, 5.41) is 3.17. The molecule has 2 aromatic carbocycles. The topological polar surface area (TPSA) is 84.1 Å². The predicted molar refractivity (Wildman–Crippen MR) is 86.5 cm³/mol. The highest BCUT2D eigenvalue weighted by Gasteiger charge is 2.06. The first kappa shape index (κ1) is 14.8. The summed E-state index contributed by atoms with van der Waals surface area (Å²) >= 11 is 0. The number of hydrogen-bond donors (Lipinski definition) is 2. The van der Waals surface area contributed by atoms with E-state index in [-0.39, 0.29) is 5.56 Å². The van der Waals surface area contributed by atoms with Gasteiger partial charge in [0.2, 0.25) is 0 Å². The Morgan fingerprint density at radius 2 is 1.83 bits per heavy atom. The number of fused-ring (bicyclic) bond motifs is 1. The van der Waals surface area contributed by atoms with E-state index in [0.29, 0.717) is 35.4 Å². The van der Waals surface area contributed by atoms with Crippen molar-refractivity contribution in [1.29, 1.82) is 0 Å². The minimum atomic E-state index is -0.542. The monoisotopic (exact) mass is 309 g/mol. The number of amides is 1. The van der Waals surface area contributed by atoms with E-state index >= 15 is 0 Å². The van der Waals surface area contributed by atoms with Crippen molar-refractivity contribution >= 4 is 17.0 Å². The minimum Gasteiger partial charge on any atom is -0.410 e. The van der Waals surface area contributed by atoms with Crippen LogP contribution in [-0.4, -0.2) is 22.6 Å². The van der Waals surface area contributed by atoms with Crippen LogP contribution in [0.4, 0.5) is 4.79 Å². The van der Waals surface area contributed by atoms with Gasteiger partial charge in [0.25, 0.3) is 5.56 Å². The second-order valence-electron chi connectivity index (χ2n) is 4.91. The Labute approximate surface area is 132 Å². The van der Waals surface area contributed by atoms with Crippen molar-refractivity contribution in [3.05, 3.63) is 70.8 Å². The molecule has 1 heterocycles. The van der Waals surface area contributed by atoms with E-state index in [1.807, 2.05) is 12.1 Å². The molecule has 116 valence electrons. The summed E-state index contributed by atoms with van der Waals surface area (Å²) in [6, 6.07) is 15.9. The lowest BCUT2D eigenvalue weighted by Crippen LogP contribution is -2.29. The van der Waals surface area contributed by atoms with E-state index in [4.69, 9.17) is 4.74 Å². The van der Waals surface area contributed by atoms with Crippen LogP contribution in [-0.2, 0) is 6.42 Å². The van der Waals surface area contributed by atoms with Gasteiger partial charge in [0.1, 0.15) is 11.6 Å². The highest BCUT2D eigenvalue weighted by atomic mass is 16.6. The molecule has 0 radical (unpaired) electrons. The molecule has 1 aromatic heterocycles. The third-order valence-electron chi connectivity index (χ3n) is 3.25. The van der Waals surface area contributed by atoms with Crippen molar-refractivity contribution in [1.82, 2.24) is 15.3 Å². The zero-order valence-electron chi connectivity index (χ0n) is 12.3. The fourth-order valence-electron chi connectivity index (χ4n) is 2.17. The summed E-state index contributed by atoms with van der Waals surface area (Å²) < 4.78 is 5.10. The summed E-state index contributed by atoms with van der Waals surface area (Å²) in [6.45, 7) is 0.312. The van der Waals surface area contributed by atoms with Crippen LogP contribution in [0.3, 0.4) is 0 Å². The number of nitrogens with one attached hydrogen (secondary N) is 2. The molecule has 3 rings (SSSR count). The fraction of sp³-hybridized carbons (Fsp3) is 0.118. The van der Waals surface area contributed by atoms with Gasteiger partial charge in [-0.2, -0.15) is 0 Å². The molecule has 0 aliphatic rings. The van der Waals surface area contributed by atoms with E-state index in [2.05, 4.69) is 15.3 Å². The third-order valence-corrected chi connectivity index (χ3v) is 3.25. The number of para-hydroxylation sites is 2. The average molecular weight is 309 g/mol. The lowest BCUT2D eigenvalue weighted by molar-refractivity contribution is 0.200. The molecule has 0 atom stereocenters. The number of carbonyl (C=O) groups is 1. The van der Waals surface area contributed by atoms with Crippen LogP contribution in [0.1, 0.15) is 5.82 Å². The van der Waals surface area contributed by atoms with Gasteiger partial charge in [-0.05, 0) is 24.3 Å². The maximum Gasteiger partial charge on any atom is 0.412 e. The van der Waals surface area contributed by atoms with Crippen molar-refractivity contribution in [3.63, 3.8) is 0 Å². The number of aromatic amines is 1. The number of H-pyrrole nitrogens is 1. The second kappa shape index (κ2) is 6.74. The number of aromatic nitrogens is 2. The SMILES string of the molecule is O=C(NCCc1nc2ccccc2c(=O)[nH]1)Oc1ccccc1. The Kier molecular flexibility index (Phi) is 4.33. The lowest BCUT2D eigenvalue weighted by atomic mass is 10.2. The highest BCUT2D eigenvalue weighted by Crippen LogP contribution is 2.08. The normalized spacial score (nSPS) is 10.4. The first-order valence-corrected chi connectivity index (χ1v) is 7.21. The van der Waals surface area contributed by atoms with Crippen LogP contribution in [0.5, 0.6) is 5.75 Å². The lowest BCUT2D eigenvalue weighted by Gasteiger charge is -2.06. The molecule has 6 nitrogen and oxygen atoms in total. The van der Waals surface area contributed by atoms with E-state index in [9.17, 15) is 9.59 Å². The third kappa shape index (κ3) is 3.74. The first-order valence-electron chi connectivity index (χ1n) is 7.21. The molecule has 1 amide bonds. The van der Waals surface area contributed by atoms with E-state index in [1.54, 1.807) is 42.5 Å². The van der Waals surface area contributed by atoms with Gasteiger partial charge >= 0.3 is 6.09 Å². The van der Waals surface area contributed by atoms with Crippen LogP contribution in [0.2, 0.25) is 0 Å². The molecule has 0 aliphatic carbocycles. The Balaban J connectivity index is 1.58. The average Bonchev–Trinajstić information content (AvgIpc) is 2.56. The Bertz CT molecular complexity index is 875. The molecule has 0 fully saturated rings. The van der Waals surface area contributed by atoms with Crippen molar-refractivity contribution in [2.75, 3.05) is 6.54 Å². The molecule has 0 spiro atoms. The fourth-order valence-corrected chi connectivity index (χ4v) is 2.17. The van der Waals surface area contributed by atoms with Gasteiger partial charge in [0.05, 0.1) is 10.9 Å². The summed E-state index contributed by atoms with van der Waals surface area (Å²) in [7, 11) is 0. The molecule has 0 bridgehead atoms. The molecular weight excluding hydrogens is 294 g/mol. The Morgan fingerprint density at radius 1 is 1.09 bits per heavy atom. The highest BCUT2D eigenvalue weighted by molar-refractivity contribution is 5.77. The van der Waals surface area contributed by atoms with Gasteiger partial charge in [0, 0.05) is 13.0 Å². The zero-order valence-corrected chi connectivity index (χ0v) is 12.3. The van der Waals surface area contributed by atoms with E-state index in [1.165, 1.54) is 0 Å². The quantitative estimate of drug-likeness (QED) is 0.774. The maximum atomic E-state index is 11.9. The largest absolute Gasteiger partial charge is 0.412 e.